The molecule has 0 spiro atoms. The SMILES string of the molecule is C=CCN(C(=O)N1C2CCC1C(C(=O)O)C2)C(C)(C)C. The van der Waals surface area contributed by atoms with Crippen LogP contribution < -0.4 is 0 Å². The van der Waals surface area contributed by atoms with E-state index in [0.29, 0.717) is 13.0 Å². The Hall–Kier alpha value is -1.52. The number of carboxylic acid groups (broad SMARTS) is 1. The predicted molar refractivity (Wildman–Crippen MR) is 76.4 cm³/mol. The quantitative estimate of drug-likeness (QED) is 0.807. The Balaban J connectivity index is 2.21. The molecule has 3 unspecified atom stereocenters. The number of carboxylic acids is 1. The van der Waals surface area contributed by atoms with Gasteiger partial charge in [0.05, 0.1) is 5.92 Å². The van der Waals surface area contributed by atoms with E-state index in [1.54, 1.807) is 11.0 Å². The normalized spacial score (nSPS) is 28.6. The molecule has 2 aliphatic heterocycles. The third-order valence-electron chi connectivity index (χ3n) is 4.43. The molecule has 2 rings (SSSR count). The topological polar surface area (TPSA) is 60.9 Å². The Morgan fingerprint density at radius 2 is 2.05 bits per heavy atom. The molecule has 1 N–H and O–H groups in total. The molecule has 112 valence electrons. The first-order valence-corrected chi connectivity index (χ1v) is 7.21. The summed E-state index contributed by atoms with van der Waals surface area (Å²) in [5, 5.41) is 9.27. The van der Waals surface area contributed by atoms with Crippen LogP contribution in [0.4, 0.5) is 4.79 Å². The Labute approximate surface area is 120 Å². The van der Waals surface area contributed by atoms with Crippen LogP contribution in [0.5, 0.6) is 0 Å². The van der Waals surface area contributed by atoms with Gasteiger partial charge in [0.15, 0.2) is 0 Å². The molecular formula is C15H24N2O3. The molecule has 2 aliphatic rings. The fraction of sp³-hybridized carbons (Fsp3) is 0.733. The molecule has 0 saturated carbocycles. The number of hydrogen-bond donors (Lipinski definition) is 1. The average Bonchev–Trinajstić information content (AvgIpc) is 2.91. The second-order valence-electron chi connectivity index (χ2n) is 6.74. The van der Waals surface area contributed by atoms with E-state index in [2.05, 4.69) is 6.58 Å². The summed E-state index contributed by atoms with van der Waals surface area (Å²) in [5.74, 6) is -1.18. The maximum atomic E-state index is 12.8. The van der Waals surface area contributed by atoms with Crippen molar-refractivity contribution in [3.63, 3.8) is 0 Å². The summed E-state index contributed by atoms with van der Waals surface area (Å²) in [7, 11) is 0. The highest BCUT2D eigenvalue weighted by molar-refractivity contribution is 5.80. The molecule has 2 saturated heterocycles. The smallest absolute Gasteiger partial charge is 0.321 e. The van der Waals surface area contributed by atoms with E-state index in [1.807, 2.05) is 25.7 Å². The largest absolute Gasteiger partial charge is 0.481 e. The van der Waals surface area contributed by atoms with Crippen molar-refractivity contribution in [1.29, 1.82) is 0 Å². The van der Waals surface area contributed by atoms with Gasteiger partial charge in [0.25, 0.3) is 0 Å². The van der Waals surface area contributed by atoms with Crippen LogP contribution in [0.3, 0.4) is 0 Å². The van der Waals surface area contributed by atoms with Gasteiger partial charge < -0.3 is 14.9 Å². The van der Waals surface area contributed by atoms with Crippen LogP contribution in [0.15, 0.2) is 12.7 Å². The third kappa shape index (κ3) is 2.41. The van der Waals surface area contributed by atoms with Crippen LogP contribution >= 0.6 is 0 Å². The summed E-state index contributed by atoms with van der Waals surface area (Å²) in [6.45, 7) is 10.2. The van der Waals surface area contributed by atoms with E-state index in [0.717, 1.165) is 12.8 Å². The first-order chi connectivity index (χ1) is 9.27. The summed E-state index contributed by atoms with van der Waals surface area (Å²) in [6, 6.07) is -0.100. The van der Waals surface area contributed by atoms with E-state index in [9.17, 15) is 14.7 Å². The molecule has 5 heteroatoms. The molecule has 0 aromatic heterocycles. The first kappa shape index (κ1) is 14.9. The number of carbonyl (C=O) groups is 2. The van der Waals surface area contributed by atoms with Crippen molar-refractivity contribution >= 4 is 12.0 Å². The fourth-order valence-corrected chi connectivity index (χ4v) is 3.46. The van der Waals surface area contributed by atoms with Gasteiger partial charge in [-0.1, -0.05) is 6.08 Å². The average molecular weight is 280 g/mol. The lowest BCUT2D eigenvalue weighted by Gasteiger charge is -2.39. The Morgan fingerprint density at radius 1 is 1.40 bits per heavy atom. The van der Waals surface area contributed by atoms with Gasteiger partial charge in [-0.25, -0.2) is 4.79 Å². The molecular weight excluding hydrogens is 256 g/mol. The summed E-state index contributed by atoms with van der Waals surface area (Å²) < 4.78 is 0. The molecule has 0 radical (unpaired) electrons. The second kappa shape index (κ2) is 5.11. The van der Waals surface area contributed by atoms with Gasteiger partial charge in [-0.05, 0) is 40.0 Å². The van der Waals surface area contributed by atoms with Crippen LogP contribution in [0.2, 0.25) is 0 Å². The number of carbonyl (C=O) groups excluding carboxylic acids is 1. The number of nitrogens with zero attached hydrogens (tertiary/aromatic N) is 2. The fourth-order valence-electron chi connectivity index (χ4n) is 3.46. The van der Waals surface area contributed by atoms with Crippen LogP contribution in [-0.2, 0) is 4.79 Å². The van der Waals surface area contributed by atoms with E-state index >= 15 is 0 Å². The standard InChI is InChI=1S/C15H24N2O3/c1-5-8-16(15(2,3)4)14(20)17-10-6-7-12(17)11(9-10)13(18)19/h5,10-12H,1,6-9H2,2-4H3,(H,18,19). The highest BCUT2D eigenvalue weighted by Gasteiger charge is 2.52. The second-order valence-corrected chi connectivity index (χ2v) is 6.74. The molecule has 5 nitrogen and oxygen atoms in total. The molecule has 2 bridgehead atoms. The Kier molecular flexibility index (Phi) is 3.80. The maximum Gasteiger partial charge on any atom is 0.321 e. The van der Waals surface area contributed by atoms with Crippen molar-refractivity contribution in [1.82, 2.24) is 9.80 Å². The maximum absolute atomic E-state index is 12.8. The van der Waals surface area contributed by atoms with E-state index in [4.69, 9.17) is 0 Å². The van der Waals surface area contributed by atoms with Gasteiger partial charge in [0.1, 0.15) is 0 Å². The molecule has 3 atom stereocenters. The molecule has 0 aromatic carbocycles. The predicted octanol–water partition coefficient (Wildman–Crippen LogP) is 2.33. The third-order valence-corrected chi connectivity index (χ3v) is 4.43. The van der Waals surface area contributed by atoms with Crippen LogP contribution in [-0.4, -0.2) is 51.1 Å². The van der Waals surface area contributed by atoms with Gasteiger partial charge >= 0.3 is 12.0 Å². The minimum absolute atomic E-state index is 0.0475. The van der Waals surface area contributed by atoms with Crippen LogP contribution in [0.25, 0.3) is 0 Å². The number of rotatable bonds is 3. The number of urea groups is 1. The van der Waals surface area contributed by atoms with Crippen LogP contribution in [0, 0.1) is 5.92 Å². The summed E-state index contributed by atoms with van der Waals surface area (Å²) in [6.07, 6.45) is 4.04. The molecule has 0 aliphatic carbocycles. The summed E-state index contributed by atoms with van der Waals surface area (Å²) in [5.41, 5.74) is -0.300. The minimum atomic E-state index is -0.777. The number of aliphatic carboxylic acids is 1. The highest BCUT2D eigenvalue weighted by Crippen LogP contribution is 2.42. The minimum Gasteiger partial charge on any atom is -0.481 e. The zero-order valence-corrected chi connectivity index (χ0v) is 12.5. The lowest BCUT2D eigenvalue weighted by Crippen LogP contribution is -2.53. The van der Waals surface area contributed by atoms with Gasteiger partial charge in [0, 0.05) is 24.2 Å². The molecule has 20 heavy (non-hydrogen) atoms. The number of amides is 2. The van der Waals surface area contributed by atoms with E-state index in [-0.39, 0.29) is 23.7 Å². The molecule has 2 heterocycles. The zero-order chi connectivity index (χ0) is 15.1. The van der Waals surface area contributed by atoms with E-state index in [1.165, 1.54) is 0 Å². The van der Waals surface area contributed by atoms with Gasteiger partial charge in [-0.3, -0.25) is 4.79 Å². The zero-order valence-electron chi connectivity index (χ0n) is 12.5. The molecule has 2 amide bonds. The summed E-state index contributed by atoms with van der Waals surface area (Å²) in [4.78, 5) is 27.7. The Bertz CT molecular complexity index is 427. The van der Waals surface area contributed by atoms with Crippen molar-refractivity contribution < 1.29 is 14.7 Å². The van der Waals surface area contributed by atoms with E-state index < -0.39 is 11.9 Å². The van der Waals surface area contributed by atoms with Crippen molar-refractivity contribution in [2.45, 2.75) is 57.7 Å². The van der Waals surface area contributed by atoms with Crippen molar-refractivity contribution in [2.24, 2.45) is 5.92 Å². The van der Waals surface area contributed by atoms with Gasteiger partial charge in [0.2, 0.25) is 0 Å². The monoisotopic (exact) mass is 280 g/mol. The molecule has 2 fully saturated rings. The number of hydrogen-bond acceptors (Lipinski definition) is 2. The number of fused-ring (bicyclic) bond motifs is 2. The van der Waals surface area contributed by atoms with Gasteiger partial charge in [-0.2, -0.15) is 0 Å². The first-order valence-electron chi connectivity index (χ1n) is 7.21. The lowest BCUT2D eigenvalue weighted by molar-refractivity contribution is -0.142. The summed E-state index contributed by atoms with van der Waals surface area (Å²) >= 11 is 0. The van der Waals surface area contributed by atoms with Crippen molar-refractivity contribution in [3.05, 3.63) is 12.7 Å². The van der Waals surface area contributed by atoms with Crippen molar-refractivity contribution in [3.8, 4) is 0 Å². The highest BCUT2D eigenvalue weighted by atomic mass is 16.4. The lowest BCUT2D eigenvalue weighted by atomic mass is 9.89. The van der Waals surface area contributed by atoms with Crippen LogP contribution in [0.1, 0.15) is 40.0 Å². The van der Waals surface area contributed by atoms with Crippen molar-refractivity contribution in [2.75, 3.05) is 6.54 Å². The van der Waals surface area contributed by atoms with Gasteiger partial charge in [-0.15, -0.1) is 6.58 Å². The Morgan fingerprint density at radius 3 is 2.50 bits per heavy atom. The molecule has 0 aromatic rings.